The summed E-state index contributed by atoms with van der Waals surface area (Å²) in [6.45, 7) is 2.71. The first-order chi connectivity index (χ1) is 11.5. The highest BCUT2D eigenvalue weighted by atomic mass is 35.5. The Kier molecular flexibility index (Phi) is 9.90. The first kappa shape index (κ1) is 22.3. The van der Waals surface area contributed by atoms with Gasteiger partial charge in [0.05, 0.1) is 12.1 Å². The molecule has 0 aliphatic carbocycles. The molecule has 0 radical (unpaired) electrons. The van der Waals surface area contributed by atoms with Crippen molar-refractivity contribution in [1.82, 2.24) is 10.2 Å². The van der Waals surface area contributed by atoms with Crippen LogP contribution < -0.4 is 15.8 Å². The van der Waals surface area contributed by atoms with Gasteiger partial charge in [-0.05, 0) is 31.0 Å². The minimum absolute atomic E-state index is 0. The average molecular weight is 411 g/mol. The van der Waals surface area contributed by atoms with Crippen LogP contribution >= 0.6 is 35.6 Å². The molecule has 1 aliphatic heterocycles. The van der Waals surface area contributed by atoms with Gasteiger partial charge >= 0.3 is 0 Å². The van der Waals surface area contributed by atoms with Crippen molar-refractivity contribution in [2.45, 2.75) is 38.3 Å². The van der Waals surface area contributed by atoms with E-state index in [1.165, 1.54) is 6.42 Å². The van der Waals surface area contributed by atoms with Crippen LogP contribution in [0.1, 0.15) is 31.2 Å². The van der Waals surface area contributed by atoms with E-state index < -0.39 is 0 Å². The van der Waals surface area contributed by atoms with E-state index in [4.69, 9.17) is 33.7 Å². The number of ether oxygens (including phenoxy) is 1. The second-order valence-electron chi connectivity index (χ2n) is 6.04. The second-order valence-corrected chi connectivity index (χ2v) is 6.86. The topological polar surface area (TPSA) is 67.6 Å². The summed E-state index contributed by atoms with van der Waals surface area (Å²) in [4.78, 5) is 14.0. The van der Waals surface area contributed by atoms with Gasteiger partial charge in [0, 0.05) is 43.2 Å². The lowest BCUT2D eigenvalue weighted by molar-refractivity contribution is -0.121. The fourth-order valence-corrected chi connectivity index (χ4v) is 3.49. The van der Waals surface area contributed by atoms with E-state index in [2.05, 4.69) is 10.2 Å². The quantitative estimate of drug-likeness (QED) is 0.724. The molecule has 1 heterocycles. The fraction of sp³-hybridized carbons (Fsp3) is 0.588. The van der Waals surface area contributed by atoms with Crippen LogP contribution in [0.3, 0.4) is 0 Å². The molecule has 0 spiro atoms. The lowest BCUT2D eigenvalue weighted by Crippen LogP contribution is -2.46. The number of rotatable bonds is 7. The summed E-state index contributed by atoms with van der Waals surface area (Å²) in [5.41, 5.74) is 6.39. The largest absolute Gasteiger partial charge is 0.495 e. The highest BCUT2D eigenvalue weighted by molar-refractivity contribution is 6.34. The van der Waals surface area contributed by atoms with Crippen molar-refractivity contribution in [2.75, 3.05) is 26.7 Å². The lowest BCUT2D eigenvalue weighted by atomic mass is 10.0. The van der Waals surface area contributed by atoms with Crippen LogP contribution in [0, 0.1) is 0 Å². The predicted molar refractivity (Wildman–Crippen MR) is 105 cm³/mol. The molecule has 5 nitrogen and oxygen atoms in total. The van der Waals surface area contributed by atoms with Gasteiger partial charge in [-0.2, -0.15) is 0 Å². The number of likely N-dealkylation sites (tertiary alicyclic amines) is 1. The number of carbonyl (C=O) groups excluding carboxylic acids is 1. The van der Waals surface area contributed by atoms with E-state index in [0.29, 0.717) is 47.9 Å². The van der Waals surface area contributed by atoms with Gasteiger partial charge < -0.3 is 15.8 Å². The maximum absolute atomic E-state index is 11.7. The summed E-state index contributed by atoms with van der Waals surface area (Å²) >= 11 is 12.6. The Morgan fingerprint density at radius 3 is 2.80 bits per heavy atom. The molecule has 25 heavy (non-hydrogen) atoms. The highest BCUT2D eigenvalue weighted by Gasteiger charge is 2.24. The van der Waals surface area contributed by atoms with Crippen LogP contribution in [0.4, 0.5) is 0 Å². The number of carbonyl (C=O) groups is 1. The van der Waals surface area contributed by atoms with Crippen molar-refractivity contribution in [3.8, 4) is 5.75 Å². The van der Waals surface area contributed by atoms with E-state index >= 15 is 0 Å². The van der Waals surface area contributed by atoms with Crippen molar-refractivity contribution in [2.24, 2.45) is 5.73 Å². The normalized spacial score (nSPS) is 17.7. The summed E-state index contributed by atoms with van der Waals surface area (Å²) in [6, 6.07) is 3.92. The fourth-order valence-electron chi connectivity index (χ4n) is 3.02. The van der Waals surface area contributed by atoms with Gasteiger partial charge in [-0.1, -0.05) is 29.6 Å². The third kappa shape index (κ3) is 6.50. The number of hydrogen-bond donors (Lipinski definition) is 2. The number of piperidine rings is 1. The lowest BCUT2D eigenvalue weighted by Gasteiger charge is -2.36. The van der Waals surface area contributed by atoms with Crippen LogP contribution in [0.15, 0.2) is 12.1 Å². The number of benzene rings is 1. The molecule has 1 aromatic rings. The first-order valence-corrected chi connectivity index (χ1v) is 9.03. The van der Waals surface area contributed by atoms with Crippen molar-refractivity contribution in [3.05, 3.63) is 27.7 Å². The maximum Gasteiger partial charge on any atom is 0.221 e. The number of halogens is 3. The molecule has 1 aromatic carbocycles. The van der Waals surface area contributed by atoms with Gasteiger partial charge in [0.2, 0.25) is 5.91 Å². The van der Waals surface area contributed by atoms with Gasteiger partial charge in [0.15, 0.2) is 0 Å². The molecule has 0 saturated carbocycles. The van der Waals surface area contributed by atoms with E-state index in [0.717, 1.165) is 24.9 Å². The van der Waals surface area contributed by atoms with Crippen LogP contribution in [0.25, 0.3) is 0 Å². The number of hydrogen-bond acceptors (Lipinski definition) is 4. The smallest absolute Gasteiger partial charge is 0.221 e. The molecule has 2 rings (SSSR count). The standard InChI is InChI=1S/C17H25Cl2N3O2.ClH/c1-24-16-9-14(18)12(8-15(16)19)11-22-7-3-2-4-13(22)10-21-17(23)5-6-20;/h8-9,13H,2-7,10-11,20H2,1H3,(H,21,23);1H. The third-order valence-electron chi connectivity index (χ3n) is 4.35. The molecule has 0 bridgehead atoms. The van der Waals surface area contributed by atoms with Crippen LogP contribution in [-0.2, 0) is 11.3 Å². The number of nitrogens with two attached hydrogens (primary N) is 1. The first-order valence-electron chi connectivity index (χ1n) is 8.28. The van der Waals surface area contributed by atoms with E-state index in [1.807, 2.05) is 6.07 Å². The zero-order chi connectivity index (χ0) is 17.5. The van der Waals surface area contributed by atoms with Crippen LogP contribution in [0.2, 0.25) is 10.0 Å². The Bertz CT molecular complexity index is 572. The van der Waals surface area contributed by atoms with Crippen LogP contribution in [-0.4, -0.2) is 43.6 Å². The van der Waals surface area contributed by atoms with Gasteiger partial charge in [0.25, 0.3) is 0 Å². The van der Waals surface area contributed by atoms with E-state index in [9.17, 15) is 4.79 Å². The molecular weight excluding hydrogens is 385 g/mol. The van der Waals surface area contributed by atoms with Crippen molar-refractivity contribution in [1.29, 1.82) is 0 Å². The average Bonchev–Trinajstić information content (AvgIpc) is 2.57. The Balaban J connectivity index is 0.00000312. The van der Waals surface area contributed by atoms with E-state index in [1.54, 1.807) is 13.2 Å². The Morgan fingerprint density at radius 1 is 1.36 bits per heavy atom. The Morgan fingerprint density at radius 2 is 2.12 bits per heavy atom. The molecule has 142 valence electrons. The van der Waals surface area contributed by atoms with Gasteiger partial charge in [-0.25, -0.2) is 0 Å². The third-order valence-corrected chi connectivity index (χ3v) is 5.00. The molecule has 8 heteroatoms. The molecule has 1 amide bonds. The van der Waals surface area contributed by atoms with Gasteiger partial charge in [0.1, 0.15) is 5.75 Å². The molecule has 1 unspecified atom stereocenters. The SMILES string of the molecule is COc1cc(Cl)c(CN2CCCCC2CNC(=O)CCN)cc1Cl.Cl. The molecule has 0 aromatic heterocycles. The summed E-state index contributed by atoms with van der Waals surface area (Å²) in [7, 11) is 1.57. The van der Waals surface area contributed by atoms with Crippen molar-refractivity contribution in [3.63, 3.8) is 0 Å². The minimum Gasteiger partial charge on any atom is -0.495 e. The summed E-state index contributed by atoms with van der Waals surface area (Å²) < 4.78 is 5.19. The molecule has 1 saturated heterocycles. The monoisotopic (exact) mass is 409 g/mol. The summed E-state index contributed by atoms with van der Waals surface area (Å²) in [5.74, 6) is 0.586. The molecule has 1 fully saturated rings. The molecule has 3 N–H and O–H groups in total. The zero-order valence-electron chi connectivity index (χ0n) is 14.4. The van der Waals surface area contributed by atoms with E-state index in [-0.39, 0.29) is 18.3 Å². The summed E-state index contributed by atoms with van der Waals surface area (Å²) in [5, 5.41) is 4.18. The minimum atomic E-state index is 0. The second kappa shape index (κ2) is 11.1. The number of nitrogens with one attached hydrogen (secondary N) is 1. The van der Waals surface area contributed by atoms with Gasteiger partial charge in [-0.3, -0.25) is 9.69 Å². The zero-order valence-corrected chi connectivity index (χ0v) is 16.7. The van der Waals surface area contributed by atoms with Crippen molar-refractivity contribution < 1.29 is 9.53 Å². The molecule has 1 atom stereocenters. The van der Waals surface area contributed by atoms with Crippen molar-refractivity contribution >= 4 is 41.5 Å². The number of amides is 1. The Hall–Kier alpha value is -0.720. The number of nitrogens with zero attached hydrogens (tertiary/aromatic N) is 1. The molecule has 1 aliphatic rings. The maximum atomic E-state index is 11.7. The summed E-state index contributed by atoms with van der Waals surface area (Å²) in [6.07, 6.45) is 3.75. The van der Waals surface area contributed by atoms with Crippen LogP contribution in [0.5, 0.6) is 5.75 Å². The highest BCUT2D eigenvalue weighted by Crippen LogP contribution is 2.32. The number of methoxy groups -OCH3 is 1. The molecular formula is C17H26Cl3N3O2. The Labute approximate surface area is 165 Å². The predicted octanol–water partition coefficient (Wildman–Crippen LogP) is 3.24. The van der Waals surface area contributed by atoms with Gasteiger partial charge in [-0.15, -0.1) is 12.4 Å².